The van der Waals surface area contributed by atoms with E-state index in [0.29, 0.717) is 28.9 Å². The summed E-state index contributed by atoms with van der Waals surface area (Å²) in [4.78, 5) is 14.2. The molecule has 0 unspecified atom stereocenters. The normalized spacial score (nSPS) is 16.1. The molecule has 0 saturated carbocycles. The van der Waals surface area contributed by atoms with E-state index in [-0.39, 0.29) is 5.91 Å². The van der Waals surface area contributed by atoms with Gasteiger partial charge in [-0.3, -0.25) is 4.79 Å². The van der Waals surface area contributed by atoms with E-state index in [0.717, 1.165) is 31.6 Å². The molecule has 0 bridgehead atoms. The number of nitrogens with zero attached hydrogens (tertiary/aromatic N) is 1. The molecule has 0 spiro atoms. The lowest BCUT2D eigenvalue weighted by Crippen LogP contribution is -2.35. The van der Waals surface area contributed by atoms with Crippen molar-refractivity contribution in [1.82, 2.24) is 5.32 Å². The Balaban J connectivity index is 2.08. The maximum Gasteiger partial charge on any atom is 0.227 e. The van der Waals surface area contributed by atoms with Gasteiger partial charge in [0.25, 0.3) is 0 Å². The van der Waals surface area contributed by atoms with Gasteiger partial charge in [-0.15, -0.1) is 0 Å². The summed E-state index contributed by atoms with van der Waals surface area (Å²) in [5.74, 6) is 0.618. The van der Waals surface area contributed by atoms with Crippen molar-refractivity contribution < 1.29 is 4.79 Å². The third kappa shape index (κ3) is 3.87. The Hall–Kier alpha value is -0.770. The monoisotopic (exact) mass is 314 g/mol. The van der Waals surface area contributed by atoms with Crippen LogP contribution >= 0.6 is 23.2 Å². The average Bonchev–Trinajstić information content (AvgIpc) is 2.43. The predicted molar refractivity (Wildman–Crippen MR) is 84.7 cm³/mol. The lowest BCUT2D eigenvalue weighted by molar-refractivity contribution is -0.119. The van der Waals surface area contributed by atoms with Crippen molar-refractivity contribution >= 4 is 34.8 Å². The number of carbonyl (C=O) groups is 1. The number of nitrogens with one attached hydrogen (secondary N) is 1. The highest BCUT2D eigenvalue weighted by Gasteiger charge is 2.22. The SMILES string of the molecule is CCN(C(=O)CC1CCNCC1)c1ccc(Cl)cc1Cl. The Morgan fingerprint density at radius 3 is 2.65 bits per heavy atom. The van der Waals surface area contributed by atoms with Crippen molar-refractivity contribution in [2.75, 3.05) is 24.5 Å². The molecule has 2 rings (SSSR count). The highest BCUT2D eigenvalue weighted by atomic mass is 35.5. The van der Waals surface area contributed by atoms with Crippen LogP contribution in [-0.4, -0.2) is 25.5 Å². The summed E-state index contributed by atoms with van der Waals surface area (Å²) < 4.78 is 0. The summed E-state index contributed by atoms with van der Waals surface area (Å²) in [5, 5.41) is 4.43. The zero-order chi connectivity index (χ0) is 14.5. The number of piperidine rings is 1. The second-order valence-corrected chi connectivity index (χ2v) is 5.97. The highest BCUT2D eigenvalue weighted by molar-refractivity contribution is 6.36. The molecule has 1 saturated heterocycles. The zero-order valence-electron chi connectivity index (χ0n) is 11.7. The van der Waals surface area contributed by atoms with Crippen LogP contribution in [0, 0.1) is 5.92 Å². The molecule has 0 aliphatic carbocycles. The Kier molecular flexibility index (Phi) is 5.70. The lowest BCUT2D eigenvalue weighted by Gasteiger charge is -2.27. The smallest absolute Gasteiger partial charge is 0.227 e. The molecule has 1 N–H and O–H groups in total. The van der Waals surface area contributed by atoms with Crippen molar-refractivity contribution in [3.05, 3.63) is 28.2 Å². The molecule has 0 atom stereocenters. The van der Waals surface area contributed by atoms with Gasteiger partial charge in [0.05, 0.1) is 10.7 Å². The number of benzene rings is 1. The number of carbonyl (C=O) groups excluding carboxylic acids is 1. The average molecular weight is 315 g/mol. The zero-order valence-corrected chi connectivity index (χ0v) is 13.2. The van der Waals surface area contributed by atoms with Gasteiger partial charge in [0.1, 0.15) is 0 Å². The first kappa shape index (κ1) is 15.6. The Labute approximate surface area is 130 Å². The first-order valence-electron chi connectivity index (χ1n) is 7.08. The van der Waals surface area contributed by atoms with Crippen molar-refractivity contribution in [2.45, 2.75) is 26.2 Å². The van der Waals surface area contributed by atoms with E-state index in [2.05, 4.69) is 5.32 Å². The summed E-state index contributed by atoms with van der Waals surface area (Å²) in [6.07, 6.45) is 2.73. The van der Waals surface area contributed by atoms with Gasteiger partial charge < -0.3 is 10.2 Å². The standard InChI is InChI=1S/C15H20Cl2N2O/c1-2-19(14-4-3-12(16)10-13(14)17)15(20)9-11-5-7-18-8-6-11/h3-4,10-11,18H,2,5-9H2,1H3. The number of halogens is 2. The molecule has 1 heterocycles. The minimum absolute atomic E-state index is 0.142. The topological polar surface area (TPSA) is 32.3 Å². The summed E-state index contributed by atoms with van der Waals surface area (Å²) >= 11 is 12.1. The molecular weight excluding hydrogens is 295 g/mol. The minimum Gasteiger partial charge on any atom is -0.317 e. The lowest BCUT2D eigenvalue weighted by atomic mass is 9.94. The molecule has 1 aromatic carbocycles. The Bertz CT molecular complexity index is 473. The van der Waals surface area contributed by atoms with Crippen LogP contribution in [0.3, 0.4) is 0 Å². The van der Waals surface area contributed by atoms with Gasteiger partial charge in [-0.25, -0.2) is 0 Å². The number of hydrogen-bond donors (Lipinski definition) is 1. The third-order valence-corrected chi connectivity index (χ3v) is 4.28. The summed E-state index contributed by atoms with van der Waals surface area (Å²) in [7, 11) is 0. The first-order chi connectivity index (χ1) is 9.61. The molecular formula is C15H20Cl2N2O. The number of hydrogen-bond acceptors (Lipinski definition) is 2. The van der Waals surface area contributed by atoms with Gasteiger partial charge in [0, 0.05) is 18.0 Å². The predicted octanol–water partition coefficient (Wildman–Crippen LogP) is 3.74. The van der Waals surface area contributed by atoms with Gasteiger partial charge in [-0.2, -0.15) is 0 Å². The van der Waals surface area contributed by atoms with E-state index in [1.807, 2.05) is 13.0 Å². The van der Waals surface area contributed by atoms with E-state index in [1.54, 1.807) is 17.0 Å². The third-order valence-electron chi connectivity index (χ3n) is 3.74. The maximum atomic E-state index is 12.5. The Morgan fingerprint density at radius 2 is 2.05 bits per heavy atom. The molecule has 1 aliphatic heterocycles. The van der Waals surface area contributed by atoms with E-state index in [4.69, 9.17) is 23.2 Å². The van der Waals surface area contributed by atoms with Gasteiger partial charge in [-0.1, -0.05) is 23.2 Å². The molecule has 0 aromatic heterocycles. The number of anilines is 1. The van der Waals surface area contributed by atoms with Crippen molar-refractivity contribution in [2.24, 2.45) is 5.92 Å². The fourth-order valence-corrected chi connectivity index (χ4v) is 3.13. The van der Waals surface area contributed by atoms with E-state index in [9.17, 15) is 4.79 Å². The maximum absolute atomic E-state index is 12.5. The van der Waals surface area contributed by atoms with Gasteiger partial charge in [-0.05, 0) is 57.0 Å². The van der Waals surface area contributed by atoms with E-state index < -0.39 is 0 Å². The van der Waals surface area contributed by atoms with Crippen LogP contribution < -0.4 is 10.2 Å². The number of rotatable bonds is 4. The van der Waals surface area contributed by atoms with Gasteiger partial charge >= 0.3 is 0 Å². The van der Waals surface area contributed by atoms with Crippen molar-refractivity contribution in [3.8, 4) is 0 Å². The number of amides is 1. The van der Waals surface area contributed by atoms with Crippen LogP contribution in [0.25, 0.3) is 0 Å². The fraction of sp³-hybridized carbons (Fsp3) is 0.533. The molecule has 1 fully saturated rings. The summed E-state index contributed by atoms with van der Waals surface area (Å²) in [5.41, 5.74) is 0.748. The summed E-state index contributed by atoms with van der Waals surface area (Å²) in [6, 6.07) is 5.26. The molecule has 110 valence electrons. The molecule has 1 amide bonds. The molecule has 3 nitrogen and oxygen atoms in total. The van der Waals surface area contributed by atoms with Gasteiger partial charge in [0.15, 0.2) is 0 Å². The first-order valence-corrected chi connectivity index (χ1v) is 7.83. The van der Waals surface area contributed by atoms with Crippen molar-refractivity contribution in [3.63, 3.8) is 0 Å². The molecule has 20 heavy (non-hydrogen) atoms. The van der Waals surface area contributed by atoms with Crippen LogP contribution in [0.4, 0.5) is 5.69 Å². The molecule has 0 radical (unpaired) electrons. The van der Waals surface area contributed by atoms with Crippen LogP contribution in [0.15, 0.2) is 18.2 Å². The van der Waals surface area contributed by atoms with E-state index in [1.165, 1.54) is 0 Å². The highest BCUT2D eigenvalue weighted by Crippen LogP contribution is 2.30. The van der Waals surface area contributed by atoms with Crippen LogP contribution in [-0.2, 0) is 4.79 Å². The Morgan fingerprint density at radius 1 is 1.35 bits per heavy atom. The fourth-order valence-electron chi connectivity index (χ4n) is 2.62. The van der Waals surface area contributed by atoms with Gasteiger partial charge in [0.2, 0.25) is 5.91 Å². The van der Waals surface area contributed by atoms with Crippen LogP contribution in [0.2, 0.25) is 10.0 Å². The summed E-state index contributed by atoms with van der Waals surface area (Å²) in [6.45, 7) is 4.59. The van der Waals surface area contributed by atoms with E-state index >= 15 is 0 Å². The molecule has 1 aromatic rings. The van der Waals surface area contributed by atoms with Crippen LogP contribution in [0.1, 0.15) is 26.2 Å². The van der Waals surface area contributed by atoms with Crippen LogP contribution in [0.5, 0.6) is 0 Å². The van der Waals surface area contributed by atoms with Crippen molar-refractivity contribution in [1.29, 1.82) is 0 Å². The molecule has 1 aliphatic rings. The minimum atomic E-state index is 0.142. The second-order valence-electron chi connectivity index (χ2n) is 5.13. The second kappa shape index (κ2) is 7.30. The quantitative estimate of drug-likeness (QED) is 0.918. The largest absolute Gasteiger partial charge is 0.317 e. The molecule has 5 heteroatoms.